The van der Waals surface area contributed by atoms with Crippen LogP contribution in [-0.4, -0.2) is 9.91 Å². The number of azo groups is 1. The highest BCUT2D eigenvalue weighted by Gasteiger charge is 2.15. The van der Waals surface area contributed by atoms with E-state index in [-0.39, 0.29) is 16.5 Å². The molecule has 0 aliphatic rings. The third kappa shape index (κ3) is 5.13. The van der Waals surface area contributed by atoms with Crippen LogP contribution in [-0.2, 0) is 0 Å². The van der Waals surface area contributed by atoms with Crippen LogP contribution in [0.5, 0.6) is 0 Å². The number of nitrogens with zero attached hydrogens (tertiary/aromatic N) is 6. The first kappa shape index (κ1) is 18.1. The van der Waals surface area contributed by atoms with Crippen LogP contribution in [0.25, 0.3) is 0 Å². The summed E-state index contributed by atoms with van der Waals surface area (Å²) in [5.74, 6) is -0.148. The first-order valence-corrected chi connectivity index (χ1v) is 8.03. The van der Waals surface area contributed by atoms with E-state index in [9.17, 15) is 10.1 Å². The fourth-order valence-electron chi connectivity index (χ4n) is 1.98. The Hall–Kier alpha value is -3.72. The van der Waals surface area contributed by atoms with Gasteiger partial charge in [0.1, 0.15) is 0 Å². The molecule has 0 saturated heterocycles. The zero-order valence-electron chi connectivity index (χ0n) is 13.7. The number of pyridine rings is 1. The molecule has 134 valence electrons. The smallest absolute Gasteiger partial charge is 0.260 e. The summed E-state index contributed by atoms with van der Waals surface area (Å²) in [7, 11) is 0. The minimum Gasteiger partial charge on any atom is -0.260 e. The van der Waals surface area contributed by atoms with Gasteiger partial charge in [0.2, 0.25) is 0 Å². The highest BCUT2D eigenvalue weighted by molar-refractivity contribution is 6.30. The van der Waals surface area contributed by atoms with Crippen LogP contribution < -0.4 is 5.43 Å². The summed E-state index contributed by atoms with van der Waals surface area (Å²) in [5.41, 5.74) is 4.37. The Bertz CT molecular complexity index is 992. The van der Waals surface area contributed by atoms with Crippen LogP contribution in [0.2, 0.25) is 5.02 Å². The lowest BCUT2D eigenvalue weighted by Crippen LogP contribution is -1.91. The zero-order chi connectivity index (χ0) is 19.1. The Kier molecular flexibility index (Phi) is 5.75. The Morgan fingerprint density at radius 1 is 0.963 bits per heavy atom. The number of nitrogens with one attached hydrogen (secondary N) is 1. The van der Waals surface area contributed by atoms with Gasteiger partial charge in [-0.2, -0.15) is 10.2 Å². The van der Waals surface area contributed by atoms with Crippen LogP contribution in [0, 0.1) is 10.1 Å². The SMILES string of the molecule is O=[N+]([O-])c1cc(Cl)cnc1/N=N\Nc1ccc(N=Nc2ccccc2)cc1. The molecule has 27 heavy (non-hydrogen) atoms. The van der Waals surface area contributed by atoms with Crippen molar-refractivity contribution in [2.45, 2.75) is 0 Å². The fourth-order valence-corrected chi connectivity index (χ4v) is 2.13. The second-order valence-corrected chi connectivity index (χ2v) is 5.58. The number of aromatic nitrogens is 1. The van der Waals surface area contributed by atoms with E-state index in [1.807, 2.05) is 30.3 Å². The molecule has 1 heterocycles. The van der Waals surface area contributed by atoms with Crippen LogP contribution >= 0.6 is 11.6 Å². The van der Waals surface area contributed by atoms with E-state index >= 15 is 0 Å². The maximum Gasteiger partial charge on any atom is 0.317 e. The molecular formula is C17H12ClN7O2. The maximum absolute atomic E-state index is 11.0. The van der Waals surface area contributed by atoms with Crippen LogP contribution in [0.1, 0.15) is 0 Å². The van der Waals surface area contributed by atoms with Crippen LogP contribution in [0.3, 0.4) is 0 Å². The second-order valence-electron chi connectivity index (χ2n) is 5.15. The molecule has 3 aromatic rings. The van der Waals surface area contributed by atoms with Gasteiger partial charge in [-0.15, -0.1) is 5.11 Å². The summed E-state index contributed by atoms with van der Waals surface area (Å²) in [6.07, 6.45) is 1.26. The summed E-state index contributed by atoms with van der Waals surface area (Å²) >= 11 is 5.70. The average molecular weight is 382 g/mol. The number of halogens is 1. The molecule has 1 aromatic heterocycles. The molecular weight excluding hydrogens is 370 g/mol. The monoisotopic (exact) mass is 381 g/mol. The van der Waals surface area contributed by atoms with E-state index in [1.54, 1.807) is 24.3 Å². The molecule has 0 aliphatic carbocycles. The van der Waals surface area contributed by atoms with Gasteiger partial charge in [-0.25, -0.2) is 4.98 Å². The topological polar surface area (TPSA) is 118 Å². The molecule has 0 amide bonds. The van der Waals surface area contributed by atoms with Gasteiger partial charge in [-0.05, 0) is 36.4 Å². The van der Waals surface area contributed by atoms with Crippen molar-refractivity contribution in [2.75, 3.05) is 5.43 Å². The Morgan fingerprint density at radius 3 is 2.30 bits per heavy atom. The van der Waals surface area contributed by atoms with Crippen molar-refractivity contribution >= 4 is 40.2 Å². The summed E-state index contributed by atoms with van der Waals surface area (Å²) < 4.78 is 0. The zero-order valence-corrected chi connectivity index (χ0v) is 14.5. The van der Waals surface area contributed by atoms with Crippen molar-refractivity contribution < 1.29 is 4.92 Å². The van der Waals surface area contributed by atoms with Crippen molar-refractivity contribution in [1.82, 2.24) is 4.98 Å². The standard InChI is InChI=1S/C17H12ClN7O2/c18-12-10-16(25(26)27)17(19-11-12)23-24-22-15-8-6-14(7-9-15)21-20-13-4-2-1-3-5-13/h1-11H,(H,19,22,23). The number of anilines is 1. The van der Waals surface area contributed by atoms with Gasteiger partial charge in [0, 0.05) is 12.3 Å². The van der Waals surface area contributed by atoms with Gasteiger partial charge < -0.3 is 0 Å². The van der Waals surface area contributed by atoms with Gasteiger partial charge in [0.15, 0.2) is 0 Å². The number of rotatable bonds is 6. The van der Waals surface area contributed by atoms with Gasteiger partial charge in [0.25, 0.3) is 5.82 Å². The normalized spacial score (nSPS) is 11.1. The van der Waals surface area contributed by atoms with Gasteiger partial charge in [0.05, 0.1) is 27.0 Å². The van der Waals surface area contributed by atoms with Gasteiger partial charge in [-0.1, -0.05) is 35.0 Å². The van der Waals surface area contributed by atoms with E-state index in [0.29, 0.717) is 11.4 Å². The molecule has 9 nitrogen and oxygen atoms in total. The molecule has 3 rings (SSSR count). The molecule has 0 unspecified atom stereocenters. The first-order chi connectivity index (χ1) is 13.1. The second kappa shape index (κ2) is 8.59. The minimum absolute atomic E-state index is 0.147. The van der Waals surface area contributed by atoms with E-state index in [0.717, 1.165) is 11.8 Å². The molecule has 0 radical (unpaired) electrons. The Morgan fingerprint density at radius 2 is 1.63 bits per heavy atom. The third-order valence-electron chi connectivity index (χ3n) is 3.24. The lowest BCUT2D eigenvalue weighted by atomic mass is 10.3. The lowest BCUT2D eigenvalue weighted by Gasteiger charge is -2.00. The molecule has 0 aliphatic heterocycles. The molecule has 0 spiro atoms. The number of hydrogen-bond acceptors (Lipinski definition) is 7. The van der Waals surface area contributed by atoms with Crippen molar-refractivity contribution in [1.29, 1.82) is 0 Å². The Balaban J connectivity index is 1.65. The van der Waals surface area contributed by atoms with E-state index in [4.69, 9.17) is 11.6 Å². The molecule has 1 N–H and O–H groups in total. The molecule has 0 saturated carbocycles. The summed E-state index contributed by atoms with van der Waals surface area (Å²) in [5, 5.41) is 26.8. The summed E-state index contributed by atoms with van der Waals surface area (Å²) in [4.78, 5) is 14.1. The van der Waals surface area contributed by atoms with Gasteiger partial charge in [-0.3, -0.25) is 15.5 Å². The maximum atomic E-state index is 11.0. The third-order valence-corrected chi connectivity index (χ3v) is 3.45. The van der Waals surface area contributed by atoms with Crippen molar-refractivity contribution in [3.63, 3.8) is 0 Å². The van der Waals surface area contributed by atoms with Crippen LogP contribution in [0.4, 0.5) is 28.6 Å². The number of benzene rings is 2. The highest BCUT2D eigenvalue weighted by Crippen LogP contribution is 2.27. The molecule has 0 atom stereocenters. The van der Waals surface area contributed by atoms with E-state index in [2.05, 4.69) is 31.0 Å². The summed E-state index contributed by atoms with van der Waals surface area (Å²) in [6.45, 7) is 0. The Labute approximate surface area is 158 Å². The predicted molar refractivity (Wildman–Crippen MR) is 101 cm³/mol. The van der Waals surface area contributed by atoms with Crippen LogP contribution in [0.15, 0.2) is 87.4 Å². The van der Waals surface area contributed by atoms with E-state index < -0.39 is 4.92 Å². The minimum atomic E-state index is -0.625. The molecule has 0 fully saturated rings. The number of hydrogen-bond donors (Lipinski definition) is 1. The quantitative estimate of drug-likeness (QED) is 0.312. The number of nitro groups is 1. The fraction of sp³-hybridized carbons (Fsp3) is 0. The van der Waals surface area contributed by atoms with E-state index in [1.165, 1.54) is 6.20 Å². The summed E-state index contributed by atoms with van der Waals surface area (Å²) in [6, 6.07) is 17.5. The lowest BCUT2D eigenvalue weighted by molar-refractivity contribution is -0.384. The molecule has 0 bridgehead atoms. The highest BCUT2D eigenvalue weighted by atomic mass is 35.5. The van der Waals surface area contributed by atoms with Crippen molar-refractivity contribution in [3.8, 4) is 0 Å². The predicted octanol–water partition coefficient (Wildman–Crippen LogP) is 6.17. The molecule has 2 aromatic carbocycles. The van der Waals surface area contributed by atoms with Crippen molar-refractivity contribution in [3.05, 3.63) is 82.0 Å². The molecule has 10 heteroatoms. The first-order valence-electron chi connectivity index (χ1n) is 7.65. The average Bonchev–Trinajstić information content (AvgIpc) is 2.69. The van der Waals surface area contributed by atoms with Crippen molar-refractivity contribution in [2.24, 2.45) is 20.6 Å². The van der Waals surface area contributed by atoms with Gasteiger partial charge >= 0.3 is 5.69 Å². The largest absolute Gasteiger partial charge is 0.317 e.